The Labute approximate surface area is 235 Å². The van der Waals surface area contributed by atoms with Crippen LogP contribution in [0.4, 0.5) is 4.79 Å². The zero-order valence-electron chi connectivity index (χ0n) is 21.0. The number of benzene rings is 3. The van der Waals surface area contributed by atoms with E-state index in [2.05, 4.69) is 13.8 Å². The van der Waals surface area contributed by atoms with Crippen molar-refractivity contribution in [3.8, 4) is 11.5 Å². The van der Waals surface area contributed by atoms with Crippen LogP contribution in [-0.2, 0) is 4.79 Å². The summed E-state index contributed by atoms with van der Waals surface area (Å²) in [6, 6.07) is 17.2. The van der Waals surface area contributed by atoms with Gasteiger partial charge < -0.3 is 9.47 Å². The number of ether oxygens (including phenoxy) is 2. The number of hydrogen-bond donors (Lipinski definition) is 0. The van der Waals surface area contributed by atoms with Gasteiger partial charge in [-0.15, -0.1) is 0 Å². The monoisotopic (exact) mass is 569 g/mol. The lowest BCUT2D eigenvalue weighted by Gasteiger charge is -2.17. The van der Waals surface area contributed by atoms with Crippen LogP contribution in [0.3, 0.4) is 0 Å². The lowest BCUT2D eigenvalue weighted by Crippen LogP contribution is -2.32. The number of halogens is 2. The molecule has 6 nitrogen and oxygen atoms in total. The fourth-order valence-corrected chi connectivity index (χ4v) is 5.17. The number of hydrogen-bond acceptors (Lipinski definition) is 6. The molecule has 0 bridgehead atoms. The quantitative estimate of drug-likeness (QED) is 0.157. The topological polar surface area (TPSA) is 72.9 Å². The Morgan fingerprint density at radius 2 is 1.79 bits per heavy atom. The normalized spacial score (nSPS) is 14.5. The number of esters is 1. The maximum atomic E-state index is 13.0. The molecule has 1 heterocycles. The predicted molar refractivity (Wildman–Crippen MR) is 151 cm³/mol. The highest BCUT2D eigenvalue weighted by molar-refractivity contribution is 8.18. The SMILES string of the molecule is Cc1ccc(C(C)C)c(OCCN2C(=O)S/C(=C\c3ccccc3OC(=O)c3ccc(Cl)cc3Cl)C2=O)c1. The van der Waals surface area contributed by atoms with E-state index < -0.39 is 11.9 Å². The molecule has 196 valence electrons. The van der Waals surface area contributed by atoms with Crippen LogP contribution < -0.4 is 9.47 Å². The second-order valence-electron chi connectivity index (χ2n) is 8.93. The molecule has 0 unspecified atom stereocenters. The molecule has 0 radical (unpaired) electrons. The van der Waals surface area contributed by atoms with E-state index in [1.54, 1.807) is 24.3 Å². The molecule has 0 aliphatic carbocycles. The third-order valence-corrected chi connectivity index (χ3v) is 7.25. The number of thioether (sulfide) groups is 1. The van der Waals surface area contributed by atoms with Gasteiger partial charge in [0.15, 0.2) is 0 Å². The van der Waals surface area contributed by atoms with E-state index in [0.29, 0.717) is 10.6 Å². The first-order chi connectivity index (χ1) is 18.1. The Bertz CT molecular complexity index is 1440. The molecule has 0 aromatic heterocycles. The van der Waals surface area contributed by atoms with Crippen LogP contribution in [0.25, 0.3) is 6.08 Å². The summed E-state index contributed by atoms with van der Waals surface area (Å²) in [5, 5.41) is 0.169. The number of imide groups is 1. The largest absolute Gasteiger partial charge is 0.491 e. The van der Waals surface area contributed by atoms with Crippen molar-refractivity contribution in [2.75, 3.05) is 13.2 Å². The van der Waals surface area contributed by atoms with Crippen molar-refractivity contribution in [1.82, 2.24) is 4.90 Å². The number of nitrogens with zero attached hydrogens (tertiary/aromatic N) is 1. The lowest BCUT2D eigenvalue weighted by molar-refractivity contribution is -0.123. The number of para-hydroxylation sites is 1. The van der Waals surface area contributed by atoms with Gasteiger partial charge in [0.1, 0.15) is 18.1 Å². The predicted octanol–water partition coefficient (Wildman–Crippen LogP) is 7.76. The van der Waals surface area contributed by atoms with Crippen LogP contribution in [-0.4, -0.2) is 35.2 Å². The van der Waals surface area contributed by atoms with Crippen molar-refractivity contribution in [1.29, 1.82) is 0 Å². The maximum absolute atomic E-state index is 13.0. The molecule has 38 heavy (non-hydrogen) atoms. The molecule has 1 fully saturated rings. The van der Waals surface area contributed by atoms with Crippen molar-refractivity contribution >= 4 is 58.2 Å². The molecular formula is C29H25Cl2NO5S. The fourth-order valence-electron chi connectivity index (χ4n) is 3.83. The van der Waals surface area contributed by atoms with Crippen LogP contribution in [0.2, 0.25) is 10.0 Å². The van der Waals surface area contributed by atoms with Gasteiger partial charge in [0.2, 0.25) is 0 Å². The Kier molecular flexibility index (Phi) is 8.82. The standard InChI is InChI=1S/C29H25Cl2NO5S/c1-17(2)21-10-8-18(3)14-25(21)36-13-12-32-27(33)26(38-29(32)35)15-19-6-4-5-7-24(19)37-28(34)22-11-9-20(30)16-23(22)31/h4-11,14-17H,12-13H2,1-3H3/b26-15-. The Balaban J connectivity index is 1.46. The van der Waals surface area contributed by atoms with Crippen LogP contribution in [0.5, 0.6) is 11.5 Å². The first-order valence-electron chi connectivity index (χ1n) is 11.9. The van der Waals surface area contributed by atoms with Gasteiger partial charge in [0.25, 0.3) is 11.1 Å². The van der Waals surface area contributed by atoms with Crippen molar-refractivity contribution in [3.63, 3.8) is 0 Å². The summed E-state index contributed by atoms with van der Waals surface area (Å²) in [7, 11) is 0. The van der Waals surface area contributed by atoms with Crippen molar-refractivity contribution in [2.45, 2.75) is 26.7 Å². The number of amides is 2. The smallest absolute Gasteiger partial charge is 0.345 e. The molecular weight excluding hydrogens is 545 g/mol. The van der Waals surface area contributed by atoms with Gasteiger partial charge in [-0.2, -0.15) is 0 Å². The number of carbonyl (C=O) groups excluding carboxylic acids is 3. The summed E-state index contributed by atoms with van der Waals surface area (Å²) < 4.78 is 11.5. The number of carbonyl (C=O) groups is 3. The van der Waals surface area contributed by atoms with Gasteiger partial charge in [0, 0.05) is 10.6 Å². The zero-order chi connectivity index (χ0) is 27.4. The highest BCUT2D eigenvalue weighted by Gasteiger charge is 2.35. The van der Waals surface area contributed by atoms with Crippen molar-refractivity contribution in [2.24, 2.45) is 0 Å². The molecule has 1 saturated heterocycles. The second-order valence-corrected chi connectivity index (χ2v) is 10.8. The molecule has 1 aliphatic rings. The molecule has 9 heteroatoms. The Morgan fingerprint density at radius 3 is 2.53 bits per heavy atom. The third-order valence-electron chi connectivity index (χ3n) is 5.80. The van der Waals surface area contributed by atoms with E-state index in [0.717, 1.165) is 33.5 Å². The molecule has 0 saturated carbocycles. The number of rotatable bonds is 8. The average molecular weight is 570 g/mol. The van der Waals surface area contributed by atoms with E-state index in [-0.39, 0.29) is 45.5 Å². The van der Waals surface area contributed by atoms with Gasteiger partial charge in [0.05, 0.1) is 22.0 Å². The van der Waals surface area contributed by atoms with Crippen LogP contribution in [0.1, 0.15) is 46.8 Å². The minimum absolute atomic E-state index is 0.110. The highest BCUT2D eigenvalue weighted by atomic mass is 35.5. The second kappa shape index (κ2) is 12.1. The molecule has 3 aromatic carbocycles. The lowest BCUT2D eigenvalue weighted by atomic mass is 10.0. The van der Waals surface area contributed by atoms with Crippen LogP contribution in [0.15, 0.2) is 65.6 Å². The summed E-state index contributed by atoms with van der Waals surface area (Å²) >= 11 is 12.9. The van der Waals surface area contributed by atoms with E-state index in [1.807, 2.05) is 25.1 Å². The summed E-state index contributed by atoms with van der Waals surface area (Å²) in [6.07, 6.45) is 1.54. The van der Waals surface area contributed by atoms with Gasteiger partial charge >= 0.3 is 5.97 Å². The molecule has 0 atom stereocenters. The van der Waals surface area contributed by atoms with E-state index >= 15 is 0 Å². The Hall–Kier alpha value is -3.26. The summed E-state index contributed by atoms with van der Waals surface area (Å²) in [5.41, 5.74) is 2.75. The van der Waals surface area contributed by atoms with E-state index in [1.165, 1.54) is 24.3 Å². The summed E-state index contributed by atoms with van der Waals surface area (Å²) in [6.45, 7) is 6.43. The molecule has 1 aliphatic heterocycles. The van der Waals surface area contributed by atoms with Gasteiger partial charge in [-0.1, -0.05) is 67.4 Å². The first-order valence-corrected chi connectivity index (χ1v) is 13.5. The van der Waals surface area contributed by atoms with E-state index in [9.17, 15) is 14.4 Å². The number of aryl methyl sites for hydroxylation is 1. The third kappa shape index (κ3) is 6.41. The van der Waals surface area contributed by atoms with Crippen LogP contribution >= 0.6 is 35.0 Å². The average Bonchev–Trinajstić information content (AvgIpc) is 3.12. The van der Waals surface area contributed by atoms with Crippen LogP contribution in [0, 0.1) is 6.92 Å². The van der Waals surface area contributed by atoms with Gasteiger partial charge in [-0.3, -0.25) is 14.5 Å². The highest BCUT2D eigenvalue weighted by Crippen LogP contribution is 2.34. The molecule has 0 N–H and O–H groups in total. The van der Waals surface area contributed by atoms with Gasteiger partial charge in [-0.05, 0) is 72.1 Å². The zero-order valence-corrected chi connectivity index (χ0v) is 23.3. The van der Waals surface area contributed by atoms with Crippen molar-refractivity contribution < 1.29 is 23.9 Å². The summed E-state index contributed by atoms with van der Waals surface area (Å²) in [5.74, 6) is 0.141. The minimum Gasteiger partial charge on any atom is -0.491 e. The fraction of sp³-hybridized carbons (Fsp3) is 0.207. The van der Waals surface area contributed by atoms with E-state index in [4.69, 9.17) is 32.7 Å². The summed E-state index contributed by atoms with van der Waals surface area (Å²) in [4.78, 5) is 39.8. The molecule has 4 rings (SSSR count). The maximum Gasteiger partial charge on any atom is 0.345 e. The molecule has 0 spiro atoms. The molecule has 3 aromatic rings. The first kappa shape index (κ1) is 27.8. The van der Waals surface area contributed by atoms with Gasteiger partial charge in [-0.25, -0.2) is 4.79 Å². The minimum atomic E-state index is -0.672. The molecule has 2 amide bonds. The Morgan fingerprint density at radius 1 is 1.03 bits per heavy atom. The van der Waals surface area contributed by atoms with Crippen molar-refractivity contribution in [3.05, 3.63) is 97.9 Å².